The second kappa shape index (κ2) is 59.3. The summed E-state index contributed by atoms with van der Waals surface area (Å²) in [4.78, 5) is 63.3. The number of nitriles is 2. The van der Waals surface area contributed by atoms with Crippen LogP contribution >= 0.6 is 81.2 Å². The minimum atomic E-state index is -0.845. The van der Waals surface area contributed by atoms with Crippen molar-refractivity contribution in [1.82, 2.24) is 54.4 Å². The minimum Gasteiger partial charge on any atom is -0.481 e. The van der Waals surface area contributed by atoms with Crippen LogP contribution in [0.5, 0.6) is 0 Å². The number of hydrogen-bond donors (Lipinski definition) is 6. The molecule has 0 aliphatic carbocycles. The number of carbonyl (C=O) groups excluding carboxylic acids is 2. The molecular weight excluding hydrogens is 1700 g/mol. The molecule has 0 saturated carbocycles. The highest BCUT2D eigenvalue weighted by atomic mass is 35.5. The SMILES string of the molecule is CC(C#N)c1ccc(Cl)nc1.COCCNc1ccc(C(C)C#N)cn1.COCCNc1ccc(C(C)C(=O)CCc2cc(C)nn2-c2cccc(Cl)c2)cn1.COCCNc1ccc(C(C)C(=O)O)cn1.COCCNc1ccc(C(C)C(=O)OC)cn1.Cc1cc(CN)n(-c2cccc(Cl)c2)n1.ClCc1ccc(Cl)nc1.ClCc1ccc(Cl)nc1. The van der Waals surface area contributed by atoms with Gasteiger partial charge in [0.15, 0.2) is 0 Å². The fraction of sp³-hybridized carbons (Fsp3) is 0.341. The first-order valence-corrected chi connectivity index (χ1v) is 41.3. The van der Waals surface area contributed by atoms with Crippen LogP contribution in [0.2, 0.25) is 25.5 Å². The molecule has 0 bridgehead atoms. The number of pyridine rings is 7. The fourth-order valence-corrected chi connectivity index (χ4v) is 11.2. The van der Waals surface area contributed by atoms with Crippen molar-refractivity contribution < 1.29 is 43.2 Å². The Hall–Kier alpha value is -10.5. The topological polar surface area (TPSA) is 365 Å². The summed E-state index contributed by atoms with van der Waals surface area (Å²) in [6, 6.07) is 48.9. The van der Waals surface area contributed by atoms with E-state index in [1.54, 1.807) is 116 Å². The Kier molecular flexibility index (Phi) is 50.5. The second-order valence-corrected chi connectivity index (χ2v) is 29.1. The predicted octanol–water partition coefficient (Wildman–Crippen LogP) is 18.7. The number of carboxylic acid groups (broad SMARTS) is 1. The monoisotopic (exact) mass is 1800 g/mol. The zero-order valence-electron chi connectivity index (χ0n) is 70.2. The van der Waals surface area contributed by atoms with E-state index in [2.05, 4.69) is 83.2 Å². The number of aliphatic carboxylic acids is 1. The van der Waals surface area contributed by atoms with Crippen LogP contribution in [0.3, 0.4) is 0 Å². The summed E-state index contributed by atoms with van der Waals surface area (Å²) in [5, 5.41) is 50.3. The van der Waals surface area contributed by atoms with Crippen LogP contribution < -0.4 is 27.0 Å². The molecule has 9 heterocycles. The molecule has 11 aromatic rings. The van der Waals surface area contributed by atoms with Gasteiger partial charge in [0.25, 0.3) is 0 Å². The number of halogens is 7. The normalized spacial score (nSPS) is 11.5. The standard InChI is InChI=1S/C23H27ClN4O2.C12H18N2O3.C11H12ClN3.C11H15N3O.C11H16N2O3.C8H7ClN2.2C6H5Cl2N/c1-16-13-21(28(27-16)20-6-4-5-19(24)14-20)8-9-22(29)17(2)18-7-10-23(26-15-18)25-11-12-30-3;1-9(12(15)17-3)10-4-5-11(14-8-10)13-6-7-16-2;1-8-5-11(7-13)15(14-8)10-4-2-3-9(12)6-10;1-9(7-12)10-3-4-11(14-8-10)13-5-6-15-2;1-8(11(14)15)9-3-4-10(13-7-9)12-5-6-16-2;1-6(4-10)7-2-3-8(9)11-5-7;2*7-3-5-1-2-6(8)9-4-5/h4-7,10,13-15,17H,8-9,11-12H2,1-3H3,(H,25,26);4-5,8-9H,6-7H2,1-3H3,(H,13,14);2-6H,7,13H2,1H3;3-4,8-9H,5-6H2,1-2H3,(H,13,14);3-4,7-8H,5-6H2,1-2H3,(H,12,13)(H,14,15);2-3,5-6H,1H3;2*1-2,4H,3H2. The summed E-state index contributed by atoms with van der Waals surface area (Å²) >= 11 is 39.6. The molecule has 0 aliphatic heterocycles. The van der Waals surface area contributed by atoms with Gasteiger partial charge >= 0.3 is 11.9 Å². The molecule has 2 aromatic carbocycles. The lowest BCUT2D eigenvalue weighted by Gasteiger charge is -2.12. The Bertz CT molecular complexity index is 4850. The summed E-state index contributed by atoms with van der Waals surface area (Å²) in [5.41, 5.74) is 17.6. The van der Waals surface area contributed by atoms with Crippen molar-refractivity contribution in [3.63, 3.8) is 0 Å². The summed E-state index contributed by atoms with van der Waals surface area (Å²) in [7, 11) is 7.98. The number of anilines is 4. The Morgan fingerprint density at radius 2 is 0.795 bits per heavy atom. The van der Waals surface area contributed by atoms with Gasteiger partial charge in [0.1, 0.15) is 44.5 Å². The van der Waals surface area contributed by atoms with Gasteiger partial charge in [-0.1, -0.05) is 120 Å². The third kappa shape index (κ3) is 39.6. The van der Waals surface area contributed by atoms with Crippen LogP contribution in [0.4, 0.5) is 23.3 Å². The highest BCUT2D eigenvalue weighted by Crippen LogP contribution is 2.25. The predicted molar refractivity (Wildman–Crippen MR) is 486 cm³/mol. The van der Waals surface area contributed by atoms with E-state index in [4.69, 9.17) is 122 Å². The van der Waals surface area contributed by atoms with Crippen molar-refractivity contribution in [2.24, 2.45) is 5.73 Å². The number of carboxylic acids is 1. The number of ether oxygens (including phenoxy) is 5. The van der Waals surface area contributed by atoms with E-state index in [1.165, 1.54) is 7.11 Å². The molecule has 5 unspecified atom stereocenters. The molecule has 0 amide bonds. The van der Waals surface area contributed by atoms with Crippen molar-refractivity contribution in [2.45, 2.75) is 109 Å². The molecule has 11 rings (SSSR count). The van der Waals surface area contributed by atoms with E-state index < -0.39 is 11.9 Å². The van der Waals surface area contributed by atoms with E-state index in [0.717, 1.165) is 97.3 Å². The summed E-state index contributed by atoms with van der Waals surface area (Å²) in [6.45, 7) is 18.7. The number of ketones is 1. The van der Waals surface area contributed by atoms with E-state index in [-0.39, 0.29) is 35.4 Å². The van der Waals surface area contributed by atoms with Crippen molar-refractivity contribution in [1.29, 1.82) is 10.5 Å². The van der Waals surface area contributed by atoms with E-state index >= 15 is 0 Å². The lowest BCUT2D eigenvalue weighted by atomic mass is 9.95. The number of methoxy groups -OCH3 is 5. The lowest BCUT2D eigenvalue weighted by Crippen LogP contribution is -2.13. The Morgan fingerprint density at radius 3 is 1.11 bits per heavy atom. The van der Waals surface area contributed by atoms with Crippen LogP contribution in [0.15, 0.2) is 189 Å². The summed E-state index contributed by atoms with van der Waals surface area (Å²) in [6.07, 6.45) is 12.7. The molecule has 5 atom stereocenters. The van der Waals surface area contributed by atoms with Crippen LogP contribution in [0.25, 0.3) is 11.4 Å². The molecular formula is C88H105Cl7N18O9. The van der Waals surface area contributed by atoms with Crippen LogP contribution in [0, 0.1) is 36.5 Å². The smallest absolute Gasteiger partial charge is 0.312 e. The zero-order valence-corrected chi connectivity index (χ0v) is 75.5. The van der Waals surface area contributed by atoms with Gasteiger partial charge in [0.2, 0.25) is 0 Å². The van der Waals surface area contributed by atoms with Gasteiger partial charge in [-0.2, -0.15) is 20.7 Å². The molecule has 7 N–H and O–H groups in total. The number of esters is 1. The number of nitrogens with two attached hydrogens (primary N) is 1. The molecule has 27 nitrogen and oxygen atoms in total. The maximum absolute atomic E-state index is 12.8. The van der Waals surface area contributed by atoms with E-state index in [9.17, 15) is 14.4 Å². The van der Waals surface area contributed by atoms with E-state index in [0.29, 0.717) is 108 Å². The first-order chi connectivity index (χ1) is 58.7. The lowest BCUT2D eigenvalue weighted by molar-refractivity contribution is -0.142. The van der Waals surface area contributed by atoms with Crippen molar-refractivity contribution in [3.05, 3.63) is 276 Å². The highest BCUT2D eigenvalue weighted by Gasteiger charge is 2.20. The third-order valence-corrected chi connectivity index (χ3v) is 19.0. The zero-order chi connectivity index (χ0) is 89.7. The maximum atomic E-state index is 12.8. The molecule has 0 saturated heterocycles. The first kappa shape index (κ1) is 104. The van der Waals surface area contributed by atoms with Crippen LogP contribution in [-0.2, 0) is 62.8 Å². The average Bonchev–Trinajstić information content (AvgIpc) is 1.70. The van der Waals surface area contributed by atoms with Gasteiger partial charge in [-0.05, 0) is 178 Å². The number of carbonyl (C=O) groups is 3. The Balaban J connectivity index is 0.000000302. The molecule has 650 valence electrons. The third-order valence-electron chi connectivity index (χ3n) is 17.3. The quantitative estimate of drug-likeness (QED) is 0.00987. The second-order valence-electron chi connectivity index (χ2n) is 26.5. The number of Topliss-reactive ketones (excluding diaryl/α,β-unsaturated/α-hetero) is 1. The molecule has 0 spiro atoms. The number of aryl methyl sites for hydroxylation is 3. The number of nitrogens with zero attached hydrogens (tertiary/aromatic N) is 13. The fourth-order valence-electron chi connectivity index (χ4n) is 10.2. The maximum Gasteiger partial charge on any atom is 0.312 e. The molecule has 0 radical (unpaired) electrons. The highest BCUT2D eigenvalue weighted by molar-refractivity contribution is 6.31. The van der Waals surface area contributed by atoms with Gasteiger partial charge in [0, 0.05) is 144 Å². The summed E-state index contributed by atoms with van der Waals surface area (Å²) < 4.78 is 28.1. The number of nitrogens with one attached hydrogen (secondary N) is 4. The van der Waals surface area contributed by atoms with Crippen LogP contribution in [-0.4, -0.2) is 165 Å². The van der Waals surface area contributed by atoms with Gasteiger partial charge in [-0.25, -0.2) is 44.3 Å². The molecule has 0 fully saturated rings. The van der Waals surface area contributed by atoms with Crippen molar-refractivity contribution in [2.75, 3.05) is 109 Å². The summed E-state index contributed by atoms with van der Waals surface area (Å²) in [5.74, 6) is 1.87. The number of aromatic nitrogens is 11. The molecule has 9 aromatic heterocycles. The van der Waals surface area contributed by atoms with E-state index in [1.807, 2.05) is 159 Å². The molecule has 34 heteroatoms. The number of rotatable bonds is 32. The first-order valence-electron chi connectivity index (χ1n) is 38.3. The van der Waals surface area contributed by atoms with Gasteiger partial charge in [-0.3, -0.25) is 14.4 Å². The molecule has 0 aliphatic rings. The van der Waals surface area contributed by atoms with Crippen molar-refractivity contribution >= 4 is 122 Å². The Morgan fingerprint density at radius 1 is 0.451 bits per heavy atom. The Labute approximate surface area is 749 Å². The number of benzene rings is 2. The van der Waals surface area contributed by atoms with Crippen LogP contribution in [0.1, 0.15) is 132 Å². The minimum absolute atomic E-state index is 0.106. The molecule has 122 heavy (non-hydrogen) atoms. The number of hydrogen-bond acceptors (Lipinski definition) is 24. The van der Waals surface area contributed by atoms with Gasteiger partial charge in [0.05, 0.1) is 97.8 Å². The van der Waals surface area contributed by atoms with Crippen molar-refractivity contribution in [3.8, 4) is 23.5 Å². The largest absolute Gasteiger partial charge is 0.481 e. The van der Waals surface area contributed by atoms with Gasteiger partial charge in [-0.15, -0.1) is 23.2 Å². The average molecular weight is 1810 g/mol. The number of alkyl halides is 2. The van der Waals surface area contributed by atoms with Gasteiger partial charge < -0.3 is 55.8 Å².